The molecule has 0 bridgehead atoms. The predicted molar refractivity (Wildman–Crippen MR) is 104 cm³/mol. The second-order valence-corrected chi connectivity index (χ2v) is 6.52. The van der Waals surface area contributed by atoms with Crippen molar-refractivity contribution in [2.75, 3.05) is 11.6 Å². The molecule has 0 aliphatic rings. The molecule has 0 radical (unpaired) electrons. The number of thioether (sulfide) groups is 1. The van der Waals surface area contributed by atoms with Gasteiger partial charge in [0.2, 0.25) is 0 Å². The Morgan fingerprint density at radius 1 is 1.25 bits per heavy atom. The van der Waals surface area contributed by atoms with Gasteiger partial charge in [-0.25, -0.2) is 9.78 Å². The Bertz CT molecular complexity index is 1050. The van der Waals surface area contributed by atoms with Gasteiger partial charge in [-0.1, -0.05) is 17.8 Å². The van der Waals surface area contributed by atoms with Crippen molar-refractivity contribution in [3.05, 3.63) is 64.5 Å². The maximum atomic E-state index is 12.5. The SMILES string of the molecule is CSc1nc(C(=O)OC(C)C(=O)Nc2ccc([N+](=O)[O-])cc2)c2ccccn12. The second kappa shape index (κ2) is 8.09. The van der Waals surface area contributed by atoms with Gasteiger partial charge in [-0.05, 0) is 37.4 Å². The van der Waals surface area contributed by atoms with Crippen LogP contribution in [0.5, 0.6) is 0 Å². The number of pyridine rings is 1. The molecular weight excluding hydrogens is 384 g/mol. The summed E-state index contributed by atoms with van der Waals surface area (Å²) < 4.78 is 7.02. The molecular formula is C18H16N4O5S. The Morgan fingerprint density at radius 3 is 2.61 bits per heavy atom. The summed E-state index contributed by atoms with van der Waals surface area (Å²) in [6.07, 6.45) is 2.55. The van der Waals surface area contributed by atoms with Crippen LogP contribution in [0.4, 0.5) is 11.4 Å². The third-order valence-corrected chi connectivity index (χ3v) is 4.54. The topological polar surface area (TPSA) is 116 Å². The Balaban J connectivity index is 1.70. The number of carbonyl (C=O) groups is 2. The lowest BCUT2D eigenvalue weighted by Crippen LogP contribution is -2.30. The quantitative estimate of drug-likeness (QED) is 0.292. The first-order valence-corrected chi connectivity index (χ1v) is 9.40. The van der Waals surface area contributed by atoms with Crippen molar-refractivity contribution in [2.24, 2.45) is 0 Å². The van der Waals surface area contributed by atoms with Crippen molar-refractivity contribution in [3.63, 3.8) is 0 Å². The van der Waals surface area contributed by atoms with Crippen LogP contribution in [0.15, 0.2) is 53.8 Å². The van der Waals surface area contributed by atoms with Crippen LogP contribution in [0.2, 0.25) is 0 Å². The van der Waals surface area contributed by atoms with Crippen LogP contribution in [0.3, 0.4) is 0 Å². The molecule has 0 aliphatic heterocycles. The molecule has 2 heterocycles. The van der Waals surface area contributed by atoms with Crippen LogP contribution in [0.25, 0.3) is 5.52 Å². The number of fused-ring (bicyclic) bond motifs is 1. The number of imidazole rings is 1. The zero-order valence-corrected chi connectivity index (χ0v) is 15.8. The summed E-state index contributed by atoms with van der Waals surface area (Å²) in [5, 5.41) is 13.8. The predicted octanol–water partition coefficient (Wildman–Crippen LogP) is 3.15. The molecule has 2 aromatic heterocycles. The Labute approximate surface area is 163 Å². The summed E-state index contributed by atoms with van der Waals surface area (Å²) in [5.41, 5.74) is 0.976. The maximum absolute atomic E-state index is 12.5. The van der Waals surface area contributed by atoms with Gasteiger partial charge in [0.25, 0.3) is 11.6 Å². The zero-order chi connectivity index (χ0) is 20.3. The summed E-state index contributed by atoms with van der Waals surface area (Å²) in [7, 11) is 0. The molecule has 0 saturated carbocycles. The van der Waals surface area contributed by atoms with Crippen molar-refractivity contribution in [3.8, 4) is 0 Å². The summed E-state index contributed by atoms with van der Waals surface area (Å²) in [6.45, 7) is 1.44. The zero-order valence-electron chi connectivity index (χ0n) is 15.0. The number of amides is 1. The second-order valence-electron chi connectivity index (χ2n) is 5.74. The van der Waals surface area contributed by atoms with Gasteiger partial charge >= 0.3 is 5.97 Å². The molecule has 0 aliphatic carbocycles. The molecule has 1 atom stereocenters. The fourth-order valence-corrected chi connectivity index (χ4v) is 3.02. The first-order valence-electron chi connectivity index (χ1n) is 8.18. The molecule has 1 aromatic carbocycles. The molecule has 0 spiro atoms. The average molecular weight is 400 g/mol. The molecule has 1 N–H and O–H groups in total. The van der Waals surface area contributed by atoms with E-state index in [9.17, 15) is 19.7 Å². The average Bonchev–Trinajstić information content (AvgIpc) is 3.07. The number of carbonyl (C=O) groups excluding carboxylic acids is 2. The van der Waals surface area contributed by atoms with E-state index in [1.807, 2.05) is 12.3 Å². The number of benzene rings is 1. The van der Waals surface area contributed by atoms with E-state index in [4.69, 9.17) is 4.74 Å². The number of nitrogens with zero attached hydrogens (tertiary/aromatic N) is 3. The fraction of sp³-hybridized carbons (Fsp3) is 0.167. The number of esters is 1. The first-order chi connectivity index (χ1) is 13.4. The molecule has 28 heavy (non-hydrogen) atoms. The van der Waals surface area contributed by atoms with Gasteiger partial charge in [0.05, 0.1) is 10.4 Å². The van der Waals surface area contributed by atoms with Gasteiger partial charge in [-0.3, -0.25) is 19.3 Å². The minimum Gasteiger partial charge on any atom is -0.448 e. The summed E-state index contributed by atoms with van der Waals surface area (Å²) in [5.74, 6) is -1.27. The van der Waals surface area contributed by atoms with Crippen molar-refractivity contribution < 1.29 is 19.2 Å². The number of anilines is 1. The van der Waals surface area contributed by atoms with E-state index < -0.39 is 22.9 Å². The first kappa shape index (κ1) is 19.4. The monoisotopic (exact) mass is 400 g/mol. The number of nitro benzene ring substituents is 1. The molecule has 10 heteroatoms. The highest BCUT2D eigenvalue weighted by atomic mass is 32.2. The normalized spacial score (nSPS) is 11.8. The molecule has 3 rings (SSSR count). The minimum atomic E-state index is -1.08. The highest BCUT2D eigenvalue weighted by Gasteiger charge is 2.23. The van der Waals surface area contributed by atoms with E-state index in [-0.39, 0.29) is 11.4 Å². The Kier molecular flexibility index (Phi) is 5.59. The number of hydrogen-bond acceptors (Lipinski definition) is 7. The van der Waals surface area contributed by atoms with E-state index in [0.29, 0.717) is 16.4 Å². The smallest absolute Gasteiger partial charge is 0.360 e. The van der Waals surface area contributed by atoms with E-state index in [1.54, 1.807) is 22.7 Å². The summed E-state index contributed by atoms with van der Waals surface area (Å²) in [4.78, 5) is 39.2. The molecule has 1 amide bonds. The van der Waals surface area contributed by atoms with Crippen LogP contribution in [-0.4, -0.2) is 38.5 Å². The Morgan fingerprint density at radius 2 is 1.96 bits per heavy atom. The molecule has 9 nitrogen and oxygen atoms in total. The van der Waals surface area contributed by atoms with Crippen molar-refractivity contribution >= 4 is 40.5 Å². The van der Waals surface area contributed by atoms with Gasteiger partial charge in [0, 0.05) is 24.0 Å². The lowest BCUT2D eigenvalue weighted by atomic mass is 10.2. The van der Waals surface area contributed by atoms with Crippen LogP contribution in [-0.2, 0) is 9.53 Å². The number of aromatic nitrogens is 2. The molecule has 144 valence electrons. The van der Waals surface area contributed by atoms with Crippen molar-refractivity contribution in [1.29, 1.82) is 0 Å². The number of nitrogens with one attached hydrogen (secondary N) is 1. The van der Waals surface area contributed by atoms with Gasteiger partial charge in [-0.2, -0.15) is 0 Å². The molecule has 0 fully saturated rings. The third-order valence-electron chi connectivity index (χ3n) is 3.89. The number of non-ortho nitro benzene ring substituents is 1. The highest BCUT2D eigenvalue weighted by Crippen LogP contribution is 2.21. The fourth-order valence-electron chi connectivity index (χ4n) is 2.48. The summed E-state index contributed by atoms with van der Waals surface area (Å²) >= 11 is 1.38. The van der Waals surface area contributed by atoms with Crippen molar-refractivity contribution in [1.82, 2.24) is 9.38 Å². The summed E-state index contributed by atoms with van der Waals surface area (Å²) in [6, 6.07) is 10.7. The molecule has 1 unspecified atom stereocenters. The van der Waals surface area contributed by atoms with Gasteiger partial charge in [0.15, 0.2) is 17.0 Å². The van der Waals surface area contributed by atoms with Crippen LogP contribution in [0.1, 0.15) is 17.4 Å². The highest BCUT2D eigenvalue weighted by molar-refractivity contribution is 7.98. The van der Waals surface area contributed by atoms with Crippen LogP contribution >= 0.6 is 11.8 Å². The largest absolute Gasteiger partial charge is 0.448 e. The van der Waals surface area contributed by atoms with E-state index in [2.05, 4.69) is 10.3 Å². The molecule has 0 saturated heterocycles. The lowest BCUT2D eigenvalue weighted by Gasteiger charge is -2.13. The minimum absolute atomic E-state index is 0.0891. The number of ether oxygens (including phenoxy) is 1. The number of hydrogen-bond donors (Lipinski definition) is 1. The lowest BCUT2D eigenvalue weighted by molar-refractivity contribution is -0.384. The van der Waals surface area contributed by atoms with Gasteiger partial charge < -0.3 is 10.1 Å². The Hall–Kier alpha value is -3.40. The van der Waals surface area contributed by atoms with Gasteiger partial charge in [-0.15, -0.1) is 0 Å². The van der Waals surface area contributed by atoms with E-state index >= 15 is 0 Å². The van der Waals surface area contributed by atoms with E-state index in [0.717, 1.165) is 0 Å². The molecule has 3 aromatic rings. The number of rotatable bonds is 6. The maximum Gasteiger partial charge on any atom is 0.360 e. The van der Waals surface area contributed by atoms with Gasteiger partial charge in [0.1, 0.15) is 0 Å². The van der Waals surface area contributed by atoms with Crippen molar-refractivity contribution in [2.45, 2.75) is 18.2 Å². The third kappa shape index (κ3) is 3.96. The number of nitro groups is 1. The standard InChI is InChI=1S/C18H16N4O5S/c1-11(16(23)19-12-6-8-13(9-7-12)22(25)26)27-17(24)15-14-5-3-4-10-21(14)18(20-15)28-2/h3-11H,1-2H3,(H,19,23). The van der Waals surface area contributed by atoms with Crippen LogP contribution in [0, 0.1) is 10.1 Å². The van der Waals surface area contributed by atoms with Crippen LogP contribution < -0.4 is 5.32 Å². The van der Waals surface area contributed by atoms with E-state index in [1.165, 1.54) is 43.0 Å².